The molecular weight excluding hydrogens is 368 g/mol. The van der Waals surface area contributed by atoms with E-state index in [0.717, 1.165) is 37.4 Å². The van der Waals surface area contributed by atoms with Crippen LogP contribution in [0.1, 0.15) is 30.1 Å². The lowest BCUT2D eigenvalue weighted by Crippen LogP contribution is -2.47. The van der Waals surface area contributed by atoms with Crippen molar-refractivity contribution in [2.24, 2.45) is 5.41 Å². The number of hydrogen-bond acceptors (Lipinski definition) is 6. The summed E-state index contributed by atoms with van der Waals surface area (Å²) in [5, 5.41) is 9.70. The third-order valence-electron chi connectivity index (χ3n) is 5.22. The van der Waals surface area contributed by atoms with Gasteiger partial charge in [0.05, 0.1) is 18.8 Å². The van der Waals surface area contributed by atoms with Gasteiger partial charge in [-0.15, -0.1) is 0 Å². The molecular formula is C22H30N4O3. The predicted molar refractivity (Wildman–Crippen MR) is 114 cm³/mol. The molecule has 29 heavy (non-hydrogen) atoms. The molecule has 2 heterocycles. The topological polar surface area (TPSA) is 84.5 Å². The lowest BCUT2D eigenvalue weighted by molar-refractivity contribution is 0.0512. The standard InChI is InChI=1S/C22H30N4O3/c1-3-29-18-8-6-17(7-9-18)26-20-19(5-4-12-24-20)21(27)25-15-22(16-28-2)10-13-23-14-11-22/h4-9,12,23H,3,10-11,13-16H2,1-2H3,(H,24,26)(H,25,27). The number of ether oxygens (including phenoxy) is 2. The van der Waals surface area contributed by atoms with Crippen LogP contribution < -0.4 is 20.7 Å². The number of benzene rings is 1. The van der Waals surface area contributed by atoms with Crippen molar-refractivity contribution in [1.29, 1.82) is 0 Å². The molecule has 3 N–H and O–H groups in total. The highest BCUT2D eigenvalue weighted by molar-refractivity contribution is 5.99. The SMILES string of the molecule is CCOc1ccc(Nc2ncccc2C(=O)NCC2(COC)CCNCC2)cc1. The Morgan fingerprint density at radius 3 is 2.66 bits per heavy atom. The summed E-state index contributed by atoms with van der Waals surface area (Å²) in [7, 11) is 1.71. The van der Waals surface area contributed by atoms with Gasteiger partial charge in [0.1, 0.15) is 11.6 Å². The van der Waals surface area contributed by atoms with E-state index in [9.17, 15) is 4.79 Å². The van der Waals surface area contributed by atoms with Crippen LogP contribution in [0.25, 0.3) is 0 Å². The third-order valence-corrected chi connectivity index (χ3v) is 5.22. The second-order valence-electron chi connectivity index (χ2n) is 7.35. The van der Waals surface area contributed by atoms with E-state index >= 15 is 0 Å². The Labute approximate surface area is 172 Å². The smallest absolute Gasteiger partial charge is 0.255 e. The van der Waals surface area contributed by atoms with Crippen molar-refractivity contribution >= 4 is 17.4 Å². The zero-order valence-corrected chi connectivity index (χ0v) is 17.2. The van der Waals surface area contributed by atoms with Crippen LogP contribution in [0.3, 0.4) is 0 Å². The summed E-state index contributed by atoms with van der Waals surface area (Å²) >= 11 is 0. The molecule has 0 bridgehead atoms. The first-order chi connectivity index (χ1) is 14.2. The maximum absolute atomic E-state index is 12.9. The van der Waals surface area contributed by atoms with Gasteiger partial charge in [0.25, 0.3) is 5.91 Å². The van der Waals surface area contributed by atoms with E-state index in [1.165, 1.54) is 0 Å². The molecule has 0 saturated carbocycles. The van der Waals surface area contributed by atoms with Crippen molar-refractivity contribution in [2.75, 3.05) is 45.3 Å². The van der Waals surface area contributed by atoms with Crippen molar-refractivity contribution in [1.82, 2.24) is 15.6 Å². The van der Waals surface area contributed by atoms with E-state index < -0.39 is 0 Å². The van der Waals surface area contributed by atoms with Gasteiger partial charge in [-0.2, -0.15) is 0 Å². The van der Waals surface area contributed by atoms with Gasteiger partial charge in [0.15, 0.2) is 0 Å². The summed E-state index contributed by atoms with van der Waals surface area (Å²) in [6, 6.07) is 11.1. The minimum absolute atomic E-state index is 0.0272. The van der Waals surface area contributed by atoms with Crippen LogP contribution in [0.4, 0.5) is 11.5 Å². The average molecular weight is 399 g/mol. The number of pyridine rings is 1. The molecule has 0 radical (unpaired) electrons. The van der Waals surface area contributed by atoms with Gasteiger partial charge < -0.3 is 25.4 Å². The number of piperidine rings is 1. The molecule has 2 aromatic rings. The van der Waals surface area contributed by atoms with Gasteiger partial charge in [-0.3, -0.25) is 4.79 Å². The average Bonchev–Trinajstić information content (AvgIpc) is 2.75. The first kappa shape index (κ1) is 21.1. The van der Waals surface area contributed by atoms with Gasteiger partial charge >= 0.3 is 0 Å². The van der Waals surface area contributed by atoms with E-state index in [4.69, 9.17) is 9.47 Å². The molecule has 0 atom stereocenters. The molecule has 1 saturated heterocycles. The van der Waals surface area contributed by atoms with Crippen molar-refractivity contribution in [3.8, 4) is 5.75 Å². The highest BCUT2D eigenvalue weighted by atomic mass is 16.5. The third kappa shape index (κ3) is 5.68. The normalized spacial score (nSPS) is 15.5. The number of methoxy groups -OCH3 is 1. The summed E-state index contributed by atoms with van der Waals surface area (Å²) in [5.41, 5.74) is 1.33. The van der Waals surface area contributed by atoms with E-state index in [0.29, 0.717) is 31.1 Å². The number of hydrogen-bond donors (Lipinski definition) is 3. The van der Waals surface area contributed by atoms with Crippen LogP contribution >= 0.6 is 0 Å². The van der Waals surface area contributed by atoms with Crippen LogP contribution in [-0.4, -0.2) is 50.8 Å². The summed E-state index contributed by atoms with van der Waals surface area (Å²) in [4.78, 5) is 17.3. The number of rotatable bonds is 9. The van der Waals surface area contributed by atoms with Gasteiger partial charge in [-0.05, 0) is 69.3 Å². The summed E-state index contributed by atoms with van der Waals surface area (Å²) < 4.78 is 10.9. The summed E-state index contributed by atoms with van der Waals surface area (Å²) in [6.45, 7) is 5.68. The quantitative estimate of drug-likeness (QED) is 0.602. The molecule has 1 amide bonds. The fourth-order valence-electron chi connectivity index (χ4n) is 3.62. The number of amides is 1. The number of carbonyl (C=O) groups is 1. The fraction of sp³-hybridized carbons (Fsp3) is 0.455. The molecule has 7 nitrogen and oxygen atoms in total. The fourth-order valence-corrected chi connectivity index (χ4v) is 3.62. The molecule has 0 unspecified atom stereocenters. The monoisotopic (exact) mass is 398 g/mol. The molecule has 0 spiro atoms. The second kappa shape index (κ2) is 10.2. The van der Waals surface area contributed by atoms with Crippen LogP contribution in [0.5, 0.6) is 5.75 Å². The van der Waals surface area contributed by atoms with Crippen LogP contribution in [0.2, 0.25) is 0 Å². The second-order valence-corrected chi connectivity index (χ2v) is 7.35. The Kier molecular flexibility index (Phi) is 7.43. The lowest BCUT2D eigenvalue weighted by Gasteiger charge is -2.37. The summed E-state index contributed by atoms with van der Waals surface area (Å²) in [5.74, 6) is 1.20. The van der Waals surface area contributed by atoms with Gasteiger partial charge in [0, 0.05) is 31.0 Å². The molecule has 3 rings (SSSR count). The number of anilines is 2. The predicted octanol–water partition coefficient (Wildman–Crippen LogP) is 2.97. The first-order valence-corrected chi connectivity index (χ1v) is 10.1. The van der Waals surface area contributed by atoms with Crippen molar-refractivity contribution in [2.45, 2.75) is 19.8 Å². The number of nitrogens with one attached hydrogen (secondary N) is 3. The maximum atomic E-state index is 12.9. The Morgan fingerprint density at radius 2 is 1.97 bits per heavy atom. The highest BCUT2D eigenvalue weighted by Gasteiger charge is 2.32. The van der Waals surface area contributed by atoms with E-state index in [1.807, 2.05) is 31.2 Å². The molecule has 1 aromatic heterocycles. The van der Waals surface area contributed by atoms with Gasteiger partial charge in [-0.1, -0.05) is 0 Å². The van der Waals surface area contributed by atoms with Crippen LogP contribution in [-0.2, 0) is 4.74 Å². The van der Waals surface area contributed by atoms with Gasteiger partial charge in [-0.25, -0.2) is 4.98 Å². The van der Waals surface area contributed by atoms with E-state index in [1.54, 1.807) is 25.4 Å². The lowest BCUT2D eigenvalue weighted by atomic mass is 9.79. The highest BCUT2D eigenvalue weighted by Crippen LogP contribution is 2.28. The van der Waals surface area contributed by atoms with Crippen molar-refractivity contribution in [3.63, 3.8) is 0 Å². The molecule has 1 fully saturated rings. The number of carbonyl (C=O) groups excluding carboxylic acids is 1. The van der Waals surface area contributed by atoms with E-state index in [-0.39, 0.29) is 11.3 Å². The molecule has 1 aliphatic rings. The Morgan fingerprint density at radius 1 is 1.21 bits per heavy atom. The Bertz CT molecular complexity index is 783. The number of aromatic nitrogens is 1. The molecule has 7 heteroatoms. The first-order valence-electron chi connectivity index (χ1n) is 10.1. The molecule has 0 aliphatic carbocycles. The van der Waals surface area contributed by atoms with Crippen LogP contribution in [0, 0.1) is 5.41 Å². The largest absolute Gasteiger partial charge is 0.494 e. The zero-order valence-electron chi connectivity index (χ0n) is 17.2. The van der Waals surface area contributed by atoms with Gasteiger partial charge in [0.2, 0.25) is 0 Å². The van der Waals surface area contributed by atoms with E-state index in [2.05, 4.69) is 20.9 Å². The minimum Gasteiger partial charge on any atom is -0.494 e. The Balaban J connectivity index is 1.68. The summed E-state index contributed by atoms with van der Waals surface area (Å²) in [6.07, 6.45) is 3.63. The van der Waals surface area contributed by atoms with Crippen molar-refractivity contribution < 1.29 is 14.3 Å². The zero-order chi connectivity index (χ0) is 20.5. The minimum atomic E-state index is -0.138. The van der Waals surface area contributed by atoms with Crippen LogP contribution in [0.15, 0.2) is 42.6 Å². The number of nitrogens with zero attached hydrogens (tertiary/aromatic N) is 1. The van der Waals surface area contributed by atoms with Crippen molar-refractivity contribution in [3.05, 3.63) is 48.2 Å². The molecule has 1 aromatic carbocycles. The molecule has 156 valence electrons. The molecule has 1 aliphatic heterocycles. The Hall–Kier alpha value is -2.64. The maximum Gasteiger partial charge on any atom is 0.255 e.